The molecule has 0 saturated carbocycles. The number of ether oxygens (including phenoxy) is 2. The summed E-state index contributed by atoms with van der Waals surface area (Å²) in [6.45, 7) is 1.85. The number of carbonyl (C=O) groups excluding carboxylic acids is 1. The molecule has 2 aromatic rings. The van der Waals surface area contributed by atoms with Crippen LogP contribution in [-0.2, 0) is 17.8 Å². The first-order chi connectivity index (χ1) is 13.0. The Labute approximate surface area is 161 Å². The number of anilines is 1. The third-order valence-corrected chi connectivity index (χ3v) is 4.19. The third kappa shape index (κ3) is 6.83. The summed E-state index contributed by atoms with van der Waals surface area (Å²) < 4.78 is 11.2. The zero-order valence-corrected chi connectivity index (χ0v) is 16.3. The van der Waals surface area contributed by atoms with Gasteiger partial charge in [0.15, 0.2) is 11.5 Å². The summed E-state index contributed by atoms with van der Waals surface area (Å²) >= 11 is 0. The molecule has 6 heteroatoms. The number of aryl methyl sites for hydroxylation is 1. The Kier molecular flexibility index (Phi) is 7.95. The number of hydrogen-bond donors (Lipinski definition) is 2. The van der Waals surface area contributed by atoms with Crippen LogP contribution in [0.5, 0.6) is 11.5 Å². The number of para-hydroxylation sites is 1. The second-order valence-corrected chi connectivity index (χ2v) is 6.61. The van der Waals surface area contributed by atoms with Crippen molar-refractivity contribution in [1.82, 2.24) is 10.2 Å². The van der Waals surface area contributed by atoms with E-state index in [1.165, 1.54) is 0 Å². The van der Waals surface area contributed by atoms with Crippen LogP contribution in [-0.4, -0.2) is 45.2 Å². The standard InChI is InChI=1S/C21H29N3O3/c1-24(2)12-13-27-19-10-8-16(14-20(19)26-3)15-23-21(25)11-9-17-6-4-5-7-18(17)22/h4-8,10,14H,9,11-13,15,22H2,1-3H3,(H,23,25). The number of likely N-dealkylation sites (N-methyl/N-ethyl adjacent to an activating group) is 1. The predicted octanol–water partition coefficient (Wildman–Crippen LogP) is 2.47. The number of hydrogen-bond acceptors (Lipinski definition) is 5. The van der Waals surface area contributed by atoms with E-state index in [4.69, 9.17) is 15.2 Å². The molecule has 3 N–H and O–H groups in total. The summed E-state index contributed by atoms with van der Waals surface area (Å²) in [5.41, 5.74) is 8.58. The van der Waals surface area contributed by atoms with Gasteiger partial charge in [0.2, 0.25) is 5.91 Å². The highest BCUT2D eigenvalue weighted by Crippen LogP contribution is 2.28. The number of nitrogens with one attached hydrogen (secondary N) is 1. The first kappa shape index (κ1) is 20.6. The van der Waals surface area contributed by atoms with Crippen LogP contribution in [0.1, 0.15) is 17.5 Å². The van der Waals surface area contributed by atoms with Crippen molar-refractivity contribution in [3.63, 3.8) is 0 Å². The minimum Gasteiger partial charge on any atom is -0.493 e. The fraction of sp³-hybridized carbons (Fsp3) is 0.381. The van der Waals surface area contributed by atoms with Crippen molar-refractivity contribution in [2.45, 2.75) is 19.4 Å². The van der Waals surface area contributed by atoms with Crippen LogP contribution in [0.4, 0.5) is 5.69 Å². The number of methoxy groups -OCH3 is 1. The van der Waals surface area contributed by atoms with E-state index in [0.29, 0.717) is 37.5 Å². The Morgan fingerprint density at radius 3 is 2.63 bits per heavy atom. The van der Waals surface area contributed by atoms with Crippen molar-refractivity contribution < 1.29 is 14.3 Å². The summed E-state index contributed by atoms with van der Waals surface area (Å²) in [6.07, 6.45) is 1.03. The van der Waals surface area contributed by atoms with Crippen LogP contribution in [0.2, 0.25) is 0 Å². The molecule has 1 amide bonds. The molecule has 0 aliphatic heterocycles. The SMILES string of the molecule is COc1cc(CNC(=O)CCc2ccccc2N)ccc1OCCN(C)C. The molecule has 0 aliphatic carbocycles. The quantitative estimate of drug-likeness (QED) is 0.628. The van der Waals surface area contributed by atoms with E-state index in [2.05, 4.69) is 10.2 Å². The molecule has 0 bridgehead atoms. The molecule has 0 aromatic heterocycles. The number of rotatable bonds is 10. The smallest absolute Gasteiger partial charge is 0.220 e. The van der Waals surface area contributed by atoms with Crippen LogP contribution in [0.15, 0.2) is 42.5 Å². The summed E-state index contributed by atoms with van der Waals surface area (Å²) in [5.74, 6) is 1.36. The number of nitrogen functional groups attached to an aromatic ring is 1. The van der Waals surface area contributed by atoms with E-state index >= 15 is 0 Å². The van der Waals surface area contributed by atoms with E-state index in [-0.39, 0.29) is 5.91 Å². The van der Waals surface area contributed by atoms with Gasteiger partial charge in [-0.1, -0.05) is 24.3 Å². The maximum atomic E-state index is 12.1. The van der Waals surface area contributed by atoms with Gasteiger partial charge in [-0.2, -0.15) is 0 Å². The maximum absolute atomic E-state index is 12.1. The monoisotopic (exact) mass is 371 g/mol. The molecule has 0 atom stereocenters. The van der Waals surface area contributed by atoms with E-state index in [1.807, 2.05) is 56.6 Å². The summed E-state index contributed by atoms with van der Waals surface area (Å²) in [4.78, 5) is 14.2. The number of nitrogens with zero attached hydrogens (tertiary/aromatic N) is 1. The van der Waals surface area contributed by atoms with Crippen LogP contribution in [0.3, 0.4) is 0 Å². The molecule has 2 rings (SSSR count). The molecule has 0 unspecified atom stereocenters. The minimum atomic E-state index is -0.0106. The average Bonchev–Trinajstić information content (AvgIpc) is 2.66. The molecule has 0 fully saturated rings. The molecule has 0 radical (unpaired) electrons. The largest absolute Gasteiger partial charge is 0.493 e. The van der Waals surface area contributed by atoms with E-state index in [9.17, 15) is 4.79 Å². The van der Waals surface area contributed by atoms with Gasteiger partial charge in [-0.05, 0) is 49.8 Å². The van der Waals surface area contributed by atoms with Crippen molar-refractivity contribution in [2.24, 2.45) is 0 Å². The zero-order chi connectivity index (χ0) is 19.6. The normalized spacial score (nSPS) is 10.7. The van der Waals surface area contributed by atoms with Crippen molar-refractivity contribution in [1.29, 1.82) is 0 Å². The van der Waals surface area contributed by atoms with Crippen molar-refractivity contribution in [3.8, 4) is 11.5 Å². The van der Waals surface area contributed by atoms with Crippen LogP contribution in [0.25, 0.3) is 0 Å². The molecule has 0 heterocycles. The molecule has 146 valence electrons. The van der Waals surface area contributed by atoms with E-state index in [0.717, 1.165) is 23.4 Å². The van der Waals surface area contributed by atoms with Crippen LogP contribution >= 0.6 is 0 Å². The van der Waals surface area contributed by atoms with Gasteiger partial charge in [-0.25, -0.2) is 0 Å². The maximum Gasteiger partial charge on any atom is 0.220 e. The summed E-state index contributed by atoms with van der Waals surface area (Å²) in [7, 11) is 5.61. The first-order valence-corrected chi connectivity index (χ1v) is 9.04. The van der Waals surface area contributed by atoms with E-state index in [1.54, 1.807) is 7.11 Å². The minimum absolute atomic E-state index is 0.0106. The highest BCUT2D eigenvalue weighted by atomic mass is 16.5. The summed E-state index contributed by atoms with van der Waals surface area (Å²) in [6, 6.07) is 13.3. The van der Waals surface area contributed by atoms with E-state index < -0.39 is 0 Å². The molecule has 6 nitrogen and oxygen atoms in total. The predicted molar refractivity (Wildman–Crippen MR) is 108 cm³/mol. The van der Waals surface area contributed by atoms with Gasteiger partial charge >= 0.3 is 0 Å². The lowest BCUT2D eigenvalue weighted by Gasteiger charge is -2.14. The van der Waals surface area contributed by atoms with Crippen LogP contribution in [0, 0.1) is 0 Å². The van der Waals surface area contributed by atoms with Crippen molar-refractivity contribution in [3.05, 3.63) is 53.6 Å². The number of carbonyl (C=O) groups is 1. The fourth-order valence-corrected chi connectivity index (χ4v) is 2.58. The summed E-state index contributed by atoms with van der Waals surface area (Å²) in [5, 5.41) is 2.93. The van der Waals surface area contributed by atoms with Gasteiger partial charge in [0, 0.05) is 25.2 Å². The van der Waals surface area contributed by atoms with Gasteiger partial charge in [-0.3, -0.25) is 4.79 Å². The molecule has 0 aliphatic rings. The molecule has 27 heavy (non-hydrogen) atoms. The van der Waals surface area contributed by atoms with Gasteiger partial charge < -0.3 is 25.4 Å². The lowest BCUT2D eigenvalue weighted by molar-refractivity contribution is -0.121. The van der Waals surface area contributed by atoms with Crippen molar-refractivity contribution in [2.75, 3.05) is 40.1 Å². The Morgan fingerprint density at radius 2 is 1.93 bits per heavy atom. The molecule has 0 saturated heterocycles. The highest BCUT2D eigenvalue weighted by molar-refractivity contribution is 5.76. The number of nitrogens with two attached hydrogens (primary N) is 1. The molecule has 2 aromatic carbocycles. The highest BCUT2D eigenvalue weighted by Gasteiger charge is 2.08. The van der Waals surface area contributed by atoms with Gasteiger partial charge in [0.25, 0.3) is 0 Å². The Balaban J connectivity index is 1.84. The van der Waals surface area contributed by atoms with Gasteiger partial charge in [0.1, 0.15) is 6.61 Å². The van der Waals surface area contributed by atoms with Gasteiger partial charge in [-0.15, -0.1) is 0 Å². The Bertz CT molecular complexity index is 747. The molecular weight excluding hydrogens is 342 g/mol. The zero-order valence-electron chi connectivity index (χ0n) is 16.3. The first-order valence-electron chi connectivity index (χ1n) is 9.04. The lowest BCUT2D eigenvalue weighted by atomic mass is 10.1. The van der Waals surface area contributed by atoms with Crippen LogP contribution < -0.4 is 20.5 Å². The Morgan fingerprint density at radius 1 is 1.15 bits per heavy atom. The Hall–Kier alpha value is -2.73. The molecular formula is C21H29N3O3. The lowest BCUT2D eigenvalue weighted by Crippen LogP contribution is -2.23. The average molecular weight is 371 g/mol. The second-order valence-electron chi connectivity index (χ2n) is 6.61. The number of benzene rings is 2. The van der Waals surface area contributed by atoms with Crippen molar-refractivity contribution >= 4 is 11.6 Å². The second kappa shape index (κ2) is 10.4. The third-order valence-electron chi connectivity index (χ3n) is 4.19. The topological polar surface area (TPSA) is 76.8 Å². The fourth-order valence-electron chi connectivity index (χ4n) is 2.58. The molecule has 0 spiro atoms. The number of amides is 1. The van der Waals surface area contributed by atoms with Gasteiger partial charge in [0.05, 0.1) is 7.11 Å².